The lowest BCUT2D eigenvalue weighted by Crippen LogP contribution is -2.49. The molecule has 0 spiro atoms. The molecule has 1 aliphatic carbocycles. The second-order valence-electron chi connectivity index (χ2n) is 10.7. The van der Waals surface area contributed by atoms with Gasteiger partial charge in [0.15, 0.2) is 5.82 Å². The number of nitrogens with zero attached hydrogens (tertiary/aromatic N) is 6. The highest BCUT2D eigenvalue weighted by Gasteiger charge is 2.34. The third-order valence-electron chi connectivity index (χ3n) is 8.43. The average molecular weight is 516 g/mol. The lowest BCUT2D eigenvalue weighted by molar-refractivity contribution is 0.192. The molecule has 38 heavy (non-hydrogen) atoms. The first-order valence-corrected chi connectivity index (χ1v) is 13.6. The Morgan fingerprint density at radius 3 is 2.45 bits per heavy atom. The van der Waals surface area contributed by atoms with Crippen molar-refractivity contribution >= 4 is 16.6 Å². The van der Waals surface area contributed by atoms with Crippen LogP contribution in [0.4, 0.5) is 10.1 Å². The van der Waals surface area contributed by atoms with Crippen molar-refractivity contribution in [1.82, 2.24) is 30.1 Å². The molecular formula is C29H34FN7O. The molecule has 2 aromatic carbocycles. The van der Waals surface area contributed by atoms with E-state index >= 15 is 0 Å². The summed E-state index contributed by atoms with van der Waals surface area (Å²) in [6.45, 7) is 7.08. The van der Waals surface area contributed by atoms with E-state index in [0.717, 1.165) is 72.6 Å². The second-order valence-corrected chi connectivity index (χ2v) is 10.7. The van der Waals surface area contributed by atoms with Crippen molar-refractivity contribution in [3.63, 3.8) is 0 Å². The van der Waals surface area contributed by atoms with Crippen molar-refractivity contribution in [1.29, 1.82) is 0 Å². The molecule has 2 fully saturated rings. The molecular weight excluding hydrogens is 481 g/mol. The molecule has 0 radical (unpaired) electrons. The fourth-order valence-electron chi connectivity index (χ4n) is 6.10. The maximum absolute atomic E-state index is 13.7. The molecule has 198 valence electrons. The van der Waals surface area contributed by atoms with Crippen LogP contribution in [0.2, 0.25) is 0 Å². The highest BCUT2D eigenvalue weighted by Crippen LogP contribution is 2.34. The normalized spacial score (nSPS) is 18.2. The zero-order chi connectivity index (χ0) is 26.2. The molecule has 2 aromatic heterocycles. The second kappa shape index (κ2) is 10.3. The zero-order valence-electron chi connectivity index (χ0n) is 22.0. The van der Waals surface area contributed by atoms with Gasteiger partial charge in [0.05, 0.1) is 11.6 Å². The Kier molecular flexibility index (Phi) is 6.69. The van der Waals surface area contributed by atoms with Crippen LogP contribution in [-0.2, 0) is 0 Å². The summed E-state index contributed by atoms with van der Waals surface area (Å²) >= 11 is 0. The van der Waals surface area contributed by atoms with Gasteiger partial charge in [-0.3, -0.25) is 9.69 Å². The van der Waals surface area contributed by atoms with Gasteiger partial charge in [0.2, 0.25) is 0 Å². The van der Waals surface area contributed by atoms with Crippen LogP contribution in [0.15, 0.2) is 47.3 Å². The number of nitrogens with one attached hydrogen (secondary N) is 1. The maximum Gasteiger partial charge on any atom is 0.253 e. The van der Waals surface area contributed by atoms with Crippen molar-refractivity contribution < 1.29 is 4.39 Å². The third-order valence-corrected chi connectivity index (χ3v) is 8.43. The molecule has 8 nitrogen and oxygen atoms in total. The lowest BCUT2D eigenvalue weighted by atomic mass is 9.94. The number of halogens is 1. The minimum atomic E-state index is -0.364. The Hall–Kier alpha value is -3.59. The Morgan fingerprint density at radius 1 is 0.974 bits per heavy atom. The number of aromatic amines is 1. The van der Waals surface area contributed by atoms with E-state index in [0.29, 0.717) is 5.56 Å². The van der Waals surface area contributed by atoms with Gasteiger partial charge in [-0.05, 0) is 84.0 Å². The Labute approximate surface area is 221 Å². The summed E-state index contributed by atoms with van der Waals surface area (Å²) in [5, 5.41) is 14.1. The zero-order valence-corrected chi connectivity index (χ0v) is 22.0. The summed E-state index contributed by atoms with van der Waals surface area (Å²) in [6, 6.07) is 12.7. The van der Waals surface area contributed by atoms with Crippen LogP contribution in [-0.4, -0.2) is 56.3 Å². The Bertz CT molecular complexity index is 1480. The number of aromatic nitrogens is 5. The van der Waals surface area contributed by atoms with E-state index in [1.807, 2.05) is 29.8 Å². The van der Waals surface area contributed by atoms with E-state index in [-0.39, 0.29) is 23.5 Å². The Balaban J connectivity index is 1.39. The summed E-state index contributed by atoms with van der Waals surface area (Å²) in [4.78, 5) is 21.4. The first-order chi connectivity index (χ1) is 18.5. The molecule has 1 saturated heterocycles. The predicted molar refractivity (Wildman–Crippen MR) is 146 cm³/mol. The molecule has 0 unspecified atom stereocenters. The minimum absolute atomic E-state index is 0.102. The number of fused-ring (bicyclic) bond motifs is 1. The van der Waals surface area contributed by atoms with Gasteiger partial charge in [-0.1, -0.05) is 31.4 Å². The van der Waals surface area contributed by atoms with Crippen molar-refractivity contribution in [2.45, 2.75) is 58.0 Å². The molecule has 1 saturated carbocycles. The highest BCUT2D eigenvalue weighted by molar-refractivity contribution is 5.83. The number of hydrogen-bond donors (Lipinski definition) is 1. The van der Waals surface area contributed by atoms with Gasteiger partial charge in [-0.25, -0.2) is 9.07 Å². The van der Waals surface area contributed by atoms with Crippen molar-refractivity contribution in [3.8, 4) is 0 Å². The van der Waals surface area contributed by atoms with Gasteiger partial charge >= 0.3 is 0 Å². The van der Waals surface area contributed by atoms with E-state index in [1.54, 1.807) is 0 Å². The van der Waals surface area contributed by atoms with Gasteiger partial charge in [0.25, 0.3) is 5.56 Å². The summed E-state index contributed by atoms with van der Waals surface area (Å²) in [6.07, 6.45) is 5.68. The molecule has 1 aliphatic heterocycles. The topological polar surface area (TPSA) is 82.9 Å². The number of anilines is 1. The molecule has 0 amide bonds. The molecule has 3 heterocycles. The molecule has 0 bridgehead atoms. The van der Waals surface area contributed by atoms with E-state index < -0.39 is 0 Å². The highest BCUT2D eigenvalue weighted by atomic mass is 19.1. The van der Waals surface area contributed by atoms with E-state index in [4.69, 9.17) is 0 Å². The quantitative estimate of drug-likeness (QED) is 0.415. The first kappa shape index (κ1) is 24.7. The van der Waals surface area contributed by atoms with Crippen molar-refractivity contribution in [2.24, 2.45) is 0 Å². The number of tetrazole rings is 1. The number of rotatable bonds is 5. The fourth-order valence-corrected chi connectivity index (χ4v) is 6.10. The van der Waals surface area contributed by atoms with Gasteiger partial charge in [-0.2, -0.15) is 0 Å². The molecule has 1 atom stereocenters. The fraction of sp³-hybridized carbons (Fsp3) is 0.448. The average Bonchev–Trinajstić information content (AvgIpc) is 3.43. The van der Waals surface area contributed by atoms with Gasteiger partial charge in [0, 0.05) is 37.4 Å². The van der Waals surface area contributed by atoms with E-state index in [2.05, 4.69) is 49.4 Å². The standard InChI is InChI=1S/C29H34FN7O/c1-19-8-9-21-18-25(29(38)31-26(21)20(19)2)27(28-32-33-34-37(28)24-6-4-3-5-7-24)36-16-14-35(15-17-36)23-12-10-22(30)11-13-23/h8-13,18,24,27H,3-7,14-17H2,1-2H3,(H,31,38)/t27-/m0/s1. The lowest BCUT2D eigenvalue weighted by Gasteiger charge is -2.40. The summed E-state index contributed by atoms with van der Waals surface area (Å²) in [7, 11) is 0. The molecule has 6 rings (SSSR count). The molecule has 9 heteroatoms. The first-order valence-electron chi connectivity index (χ1n) is 13.6. The number of pyridine rings is 1. The minimum Gasteiger partial charge on any atom is -0.369 e. The van der Waals surface area contributed by atoms with E-state index in [9.17, 15) is 9.18 Å². The summed E-state index contributed by atoms with van der Waals surface area (Å²) < 4.78 is 15.5. The van der Waals surface area contributed by atoms with Crippen molar-refractivity contribution in [2.75, 3.05) is 31.1 Å². The maximum atomic E-state index is 13.7. The number of benzene rings is 2. The predicted octanol–water partition coefficient (Wildman–Crippen LogP) is 4.69. The van der Waals surface area contributed by atoms with Crippen molar-refractivity contribution in [3.05, 3.63) is 81.2 Å². The third kappa shape index (κ3) is 4.60. The van der Waals surface area contributed by atoms with Gasteiger partial charge in [0.1, 0.15) is 11.9 Å². The summed E-state index contributed by atoms with van der Waals surface area (Å²) in [5.41, 5.74) is 4.69. The summed E-state index contributed by atoms with van der Waals surface area (Å²) in [5.74, 6) is 0.503. The van der Waals surface area contributed by atoms with Gasteiger partial charge in [-0.15, -0.1) is 5.10 Å². The smallest absolute Gasteiger partial charge is 0.253 e. The molecule has 2 aliphatic rings. The monoisotopic (exact) mass is 515 g/mol. The van der Waals surface area contributed by atoms with Crippen LogP contribution in [0, 0.1) is 19.7 Å². The Morgan fingerprint density at radius 2 is 1.71 bits per heavy atom. The SMILES string of the molecule is Cc1ccc2cc([C@@H](c3nnnn3C3CCCCC3)N3CCN(c4ccc(F)cc4)CC3)c(=O)[nH]c2c1C. The largest absolute Gasteiger partial charge is 0.369 e. The molecule has 1 N–H and O–H groups in total. The van der Waals surface area contributed by atoms with Gasteiger partial charge < -0.3 is 9.88 Å². The van der Waals surface area contributed by atoms with Crippen LogP contribution in [0.25, 0.3) is 10.9 Å². The van der Waals surface area contributed by atoms with Crippen LogP contribution in [0.1, 0.15) is 66.7 Å². The number of aryl methyl sites for hydroxylation is 2. The number of piperazine rings is 1. The van der Waals surface area contributed by atoms with Crippen LogP contribution < -0.4 is 10.5 Å². The van der Waals surface area contributed by atoms with E-state index in [1.165, 1.54) is 31.4 Å². The number of hydrogen-bond acceptors (Lipinski definition) is 6. The van der Waals surface area contributed by atoms with Crippen LogP contribution in [0.3, 0.4) is 0 Å². The van der Waals surface area contributed by atoms with Crippen LogP contribution in [0.5, 0.6) is 0 Å². The molecule has 4 aromatic rings. The van der Waals surface area contributed by atoms with Crippen LogP contribution >= 0.6 is 0 Å². The number of H-pyrrole nitrogens is 1.